The molecule has 0 saturated carbocycles. The number of carbonyl (C=O) groups is 1. The van der Waals surface area contributed by atoms with Crippen molar-refractivity contribution in [2.45, 2.75) is 12.1 Å². The number of halogens is 2. The smallest absolute Gasteiger partial charge is 0.240 e. The monoisotopic (exact) mass is 397 g/mol. The highest BCUT2D eigenvalue weighted by molar-refractivity contribution is 7.92. The van der Waals surface area contributed by atoms with Gasteiger partial charge in [-0.15, -0.1) is 0 Å². The standard InChI is InChI=1S/C16H13Cl2N3O3S/c1-9-2-4-13-14(6-9)21-16(20-13)25(23,24)8-15(22)19-12-5-3-10(17)7-11(12)18/h2-7H,8H2,1H3,(H,19,22)(H,20,21). The Bertz CT molecular complexity index is 1080. The Morgan fingerprint density at radius 3 is 2.68 bits per heavy atom. The molecule has 1 amide bonds. The quantitative estimate of drug-likeness (QED) is 0.703. The summed E-state index contributed by atoms with van der Waals surface area (Å²) in [4.78, 5) is 18.9. The number of aryl methyl sites for hydroxylation is 1. The molecule has 0 fully saturated rings. The molecule has 2 aromatic carbocycles. The van der Waals surface area contributed by atoms with Gasteiger partial charge in [0.25, 0.3) is 0 Å². The molecule has 2 N–H and O–H groups in total. The number of aromatic amines is 1. The summed E-state index contributed by atoms with van der Waals surface area (Å²) in [6.45, 7) is 1.89. The molecule has 1 aromatic heterocycles. The van der Waals surface area contributed by atoms with Crippen molar-refractivity contribution in [2.24, 2.45) is 0 Å². The van der Waals surface area contributed by atoms with Crippen LogP contribution in [-0.4, -0.2) is 30.0 Å². The molecule has 0 aliphatic rings. The Morgan fingerprint density at radius 1 is 1.20 bits per heavy atom. The fourth-order valence-electron chi connectivity index (χ4n) is 2.27. The highest BCUT2D eigenvalue weighted by Crippen LogP contribution is 2.25. The van der Waals surface area contributed by atoms with Gasteiger partial charge in [0.2, 0.25) is 20.9 Å². The van der Waals surface area contributed by atoms with Gasteiger partial charge in [-0.3, -0.25) is 4.79 Å². The molecule has 6 nitrogen and oxygen atoms in total. The van der Waals surface area contributed by atoms with Crippen LogP contribution in [0.15, 0.2) is 41.6 Å². The molecule has 0 aliphatic heterocycles. The Labute approximate surface area is 154 Å². The zero-order valence-electron chi connectivity index (χ0n) is 13.0. The van der Waals surface area contributed by atoms with E-state index in [1.54, 1.807) is 18.2 Å². The van der Waals surface area contributed by atoms with Crippen LogP contribution in [0.5, 0.6) is 0 Å². The molecule has 0 radical (unpaired) electrons. The molecule has 3 rings (SSSR count). The van der Waals surface area contributed by atoms with Gasteiger partial charge in [0.05, 0.1) is 21.7 Å². The van der Waals surface area contributed by atoms with Gasteiger partial charge in [0.1, 0.15) is 5.75 Å². The van der Waals surface area contributed by atoms with Crippen LogP contribution in [0, 0.1) is 6.92 Å². The normalized spacial score (nSPS) is 11.6. The number of hydrogen-bond donors (Lipinski definition) is 2. The number of H-pyrrole nitrogens is 1. The highest BCUT2D eigenvalue weighted by atomic mass is 35.5. The Hall–Kier alpha value is -2.09. The van der Waals surface area contributed by atoms with E-state index in [4.69, 9.17) is 23.2 Å². The fraction of sp³-hybridized carbons (Fsp3) is 0.125. The zero-order valence-corrected chi connectivity index (χ0v) is 15.3. The van der Waals surface area contributed by atoms with Crippen molar-refractivity contribution in [1.29, 1.82) is 0 Å². The number of nitrogens with one attached hydrogen (secondary N) is 2. The second-order valence-electron chi connectivity index (χ2n) is 5.49. The lowest BCUT2D eigenvalue weighted by atomic mass is 10.2. The summed E-state index contributed by atoms with van der Waals surface area (Å²) in [6.07, 6.45) is 0. The fourth-order valence-corrected chi connectivity index (χ4v) is 3.78. The first-order valence-corrected chi connectivity index (χ1v) is 9.59. The summed E-state index contributed by atoms with van der Waals surface area (Å²) in [5.74, 6) is -1.48. The molecule has 0 saturated heterocycles. The molecular weight excluding hydrogens is 385 g/mol. The number of carbonyl (C=O) groups excluding carboxylic acids is 1. The van der Waals surface area contributed by atoms with Crippen LogP contribution in [0.1, 0.15) is 5.56 Å². The predicted octanol–water partition coefficient (Wildman–Crippen LogP) is 3.59. The van der Waals surface area contributed by atoms with Gasteiger partial charge in [0, 0.05) is 5.02 Å². The van der Waals surface area contributed by atoms with Crippen LogP contribution in [-0.2, 0) is 14.6 Å². The lowest BCUT2D eigenvalue weighted by molar-refractivity contribution is -0.113. The van der Waals surface area contributed by atoms with E-state index in [2.05, 4.69) is 15.3 Å². The van der Waals surface area contributed by atoms with Crippen LogP contribution >= 0.6 is 23.2 Å². The van der Waals surface area contributed by atoms with Gasteiger partial charge >= 0.3 is 0 Å². The van der Waals surface area contributed by atoms with E-state index in [9.17, 15) is 13.2 Å². The number of anilines is 1. The average molecular weight is 398 g/mol. The number of benzene rings is 2. The predicted molar refractivity (Wildman–Crippen MR) is 98.0 cm³/mol. The average Bonchev–Trinajstić information content (AvgIpc) is 2.93. The van der Waals surface area contributed by atoms with Crippen LogP contribution in [0.4, 0.5) is 5.69 Å². The van der Waals surface area contributed by atoms with Crippen molar-refractivity contribution in [3.8, 4) is 0 Å². The minimum absolute atomic E-state index is 0.220. The zero-order chi connectivity index (χ0) is 18.2. The molecule has 9 heteroatoms. The van der Waals surface area contributed by atoms with Gasteiger partial charge in [-0.25, -0.2) is 13.4 Å². The van der Waals surface area contributed by atoms with Crippen LogP contribution in [0.3, 0.4) is 0 Å². The lowest BCUT2D eigenvalue weighted by Gasteiger charge is -2.07. The number of rotatable bonds is 4. The minimum atomic E-state index is -3.92. The van der Waals surface area contributed by atoms with Crippen LogP contribution in [0.2, 0.25) is 10.0 Å². The number of imidazole rings is 1. The van der Waals surface area contributed by atoms with Crippen molar-refractivity contribution >= 4 is 55.7 Å². The number of fused-ring (bicyclic) bond motifs is 1. The maximum atomic E-state index is 12.4. The molecular formula is C16H13Cl2N3O3S. The first kappa shape index (κ1) is 17.7. The van der Waals surface area contributed by atoms with Crippen molar-refractivity contribution in [2.75, 3.05) is 11.1 Å². The molecule has 130 valence electrons. The topological polar surface area (TPSA) is 91.9 Å². The number of nitrogens with zero attached hydrogens (tertiary/aromatic N) is 1. The highest BCUT2D eigenvalue weighted by Gasteiger charge is 2.23. The Morgan fingerprint density at radius 2 is 1.96 bits per heavy atom. The molecule has 0 bridgehead atoms. The third-order valence-electron chi connectivity index (χ3n) is 3.44. The van der Waals surface area contributed by atoms with Crippen LogP contribution in [0.25, 0.3) is 11.0 Å². The molecule has 0 spiro atoms. The second-order valence-corrected chi connectivity index (χ2v) is 8.24. The number of aromatic nitrogens is 2. The van der Waals surface area contributed by atoms with Crippen LogP contribution < -0.4 is 5.32 Å². The summed E-state index contributed by atoms with van der Waals surface area (Å²) in [6, 6.07) is 9.82. The molecule has 0 atom stereocenters. The third kappa shape index (κ3) is 3.95. The van der Waals surface area contributed by atoms with Crippen molar-refractivity contribution in [3.05, 3.63) is 52.0 Å². The number of sulfone groups is 1. The van der Waals surface area contributed by atoms with E-state index < -0.39 is 21.5 Å². The number of amides is 1. The maximum Gasteiger partial charge on any atom is 0.240 e. The van der Waals surface area contributed by atoms with E-state index in [0.29, 0.717) is 16.1 Å². The first-order valence-electron chi connectivity index (χ1n) is 7.19. The van der Waals surface area contributed by atoms with E-state index in [1.165, 1.54) is 12.1 Å². The van der Waals surface area contributed by atoms with E-state index >= 15 is 0 Å². The number of hydrogen-bond acceptors (Lipinski definition) is 4. The summed E-state index contributed by atoms with van der Waals surface area (Å²) in [5.41, 5.74) is 2.37. The molecule has 1 heterocycles. The molecule has 3 aromatic rings. The molecule has 25 heavy (non-hydrogen) atoms. The molecule has 0 unspecified atom stereocenters. The Balaban J connectivity index is 1.81. The summed E-state index contributed by atoms with van der Waals surface area (Å²) in [5, 5.41) is 2.84. The summed E-state index contributed by atoms with van der Waals surface area (Å²) in [7, 11) is -3.92. The summed E-state index contributed by atoms with van der Waals surface area (Å²) >= 11 is 11.7. The third-order valence-corrected chi connectivity index (χ3v) is 5.41. The van der Waals surface area contributed by atoms with Gasteiger partial charge < -0.3 is 10.3 Å². The second kappa shape index (κ2) is 6.67. The summed E-state index contributed by atoms with van der Waals surface area (Å²) < 4.78 is 24.8. The van der Waals surface area contributed by atoms with E-state index in [-0.39, 0.29) is 15.9 Å². The lowest BCUT2D eigenvalue weighted by Crippen LogP contribution is -2.23. The van der Waals surface area contributed by atoms with Gasteiger partial charge in [-0.05, 0) is 42.8 Å². The maximum absolute atomic E-state index is 12.4. The van der Waals surface area contributed by atoms with Crippen molar-refractivity contribution in [1.82, 2.24) is 9.97 Å². The van der Waals surface area contributed by atoms with Gasteiger partial charge in [-0.1, -0.05) is 29.3 Å². The first-order chi connectivity index (χ1) is 11.7. The minimum Gasteiger partial charge on any atom is -0.329 e. The van der Waals surface area contributed by atoms with Crippen molar-refractivity contribution in [3.63, 3.8) is 0 Å². The largest absolute Gasteiger partial charge is 0.329 e. The van der Waals surface area contributed by atoms with E-state index in [0.717, 1.165) is 5.56 Å². The van der Waals surface area contributed by atoms with E-state index in [1.807, 2.05) is 13.0 Å². The van der Waals surface area contributed by atoms with Gasteiger partial charge in [0.15, 0.2) is 0 Å². The van der Waals surface area contributed by atoms with Gasteiger partial charge in [-0.2, -0.15) is 0 Å². The SMILES string of the molecule is Cc1ccc2nc(S(=O)(=O)CC(=O)Nc3ccc(Cl)cc3Cl)[nH]c2c1. The van der Waals surface area contributed by atoms with Crippen molar-refractivity contribution < 1.29 is 13.2 Å². The molecule has 0 aliphatic carbocycles. The Kier molecular flexibility index (Phi) is 4.73.